The van der Waals surface area contributed by atoms with Gasteiger partial charge in [-0.15, -0.1) is 10.2 Å². The summed E-state index contributed by atoms with van der Waals surface area (Å²) in [6.07, 6.45) is 1.69. The first kappa shape index (κ1) is 20.8. The number of ether oxygens (including phenoxy) is 3. The fraction of sp³-hybridized carbons (Fsp3) is 0.286. The first-order valence-electron chi connectivity index (χ1n) is 9.82. The van der Waals surface area contributed by atoms with Gasteiger partial charge in [0.05, 0.1) is 0 Å². The van der Waals surface area contributed by atoms with E-state index < -0.39 is 6.23 Å². The highest BCUT2D eigenvalue weighted by atomic mass is 79.9. The molecule has 0 saturated carbocycles. The fourth-order valence-corrected chi connectivity index (χ4v) is 5.07. The maximum absolute atomic E-state index is 6.37. The summed E-state index contributed by atoms with van der Waals surface area (Å²) in [6, 6.07) is 9.75. The van der Waals surface area contributed by atoms with Crippen molar-refractivity contribution in [3.8, 4) is 28.6 Å². The number of rotatable bonds is 5. The topological polar surface area (TPSA) is 78.4 Å². The van der Waals surface area contributed by atoms with Crippen molar-refractivity contribution in [3.63, 3.8) is 0 Å². The van der Waals surface area contributed by atoms with E-state index in [1.807, 2.05) is 30.3 Å². The molecule has 1 atom stereocenters. The molecule has 2 aromatic carbocycles. The highest BCUT2D eigenvalue weighted by Crippen LogP contribution is 2.44. The van der Waals surface area contributed by atoms with E-state index in [0.29, 0.717) is 28.2 Å². The number of thioether (sulfide) groups is 1. The summed E-state index contributed by atoms with van der Waals surface area (Å²) >= 11 is 8.78. The number of aromatic nitrogens is 3. The lowest BCUT2D eigenvalue weighted by molar-refractivity contribution is 0.173. The molecule has 0 spiro atoms. The second kappa shape index (κ2) is 8.84. The summed E-state index contributed by atoms with van der Waals surface area (Å²) in [5.74, 6) is 2.76. The van der Waals surface area contributed by atoms with Crippen LogP contribution in [0.2, 0.25) is 0 Å². The zero-order valence-corrected chi connectivity index (χ0v) is 20.5. The van der Waals surface area contributed by atoms with Gasteiger partial charge in [-0.05, 0) is 36.8 Å². The first-order valence-corrected chi connectivity index (χ1v) is 12.4. The largest absolute Gasteiger partial charge is 0.454 e. The van der Waals surface area contributed by atoms with Crippen LogP contribution in [0.15, 0.2) is 44.4 Å². The van der Waals surface area contributed by atoms with Gasteiger partial charge in [0.1, 0.15) is 0 Å². The zero-order chi connectivity index (χ0) is 21.4. The van der Waals surface area contributed by atoms with Gasteiger partial charge in [0.25, 0.3) is 0 Å². The van der Waals surface area contributed by atoms with Gasteiger partial charge < -0.3 is 19.5 Å². The maximum Gasteiger partial charge on any atom is 0.247 e. The minimum atomic E-state index is -0.518. The van der Waals surface area contributed by atoms with E-state index >= 15 is 0 Å². The van der Waals surface area contributed by atoms with Crippen molar-refractivity contribution in [2.45, 2.75) is 31.1 Å². The summed E-state index contributed by atoms with van der Waals surface area (Å²) < 4.78 is 19.2. The third-order valence-electron chi connectivity index (χ3n) is 4.89. The first-order chi connectivity index (χ1) is 15.1. The van der Waals surface area contributed by atoms with Gasteiger partial charge in [0, 0.05) is 31.5 Å². The van der Waals surface area contributed by atoms with Crippen LogP contribution in [0, 0.1) is 0 Å². The quantitative estimate of drug-likeness (QED) is 0.290. The van der Waals surface area contributed by atoms with Crippen molar-refractivity contribution in [3.05, 3.63) is 44.8 Å². The number of hydrogen-bond acceptors (Lipinski definition) is 8. The third-order valence-corrected chi connectivity index (χ3v) is 7.00. The van der Waals surface area contributed by atoms with Gasteiger partial charge in [0.15, 0.2) is 23.4 Å². The molecule has 5 rings (SSSR count). The zero-order valence-electron chi connectivity index (χ0n) is 16.5. The van der Waals surface area contributed by atoms with Crippen molar-refractivity contribution in [1.29, 1.82) is 0 Å². The second-order valence-electron chi connectivity index (χ2n) is 7.01. The molecule has 2 aliphatic heterocycles. The van der Waals surface area contributed by atoms with Gasteiger partial charge in [-0.1, -0.05) is 57.0 Å². The molecule has 0 amide bonds. The second-order valence-corrected chi connectivity index (χ2v) is 9.84. The predicted molar refractivity (Wildman–Crippen MR) is 126 cm³/mol. The standard InChI is InChI=1S/C21H18Br2N4O3S/c1-2-3-6-31-21-25-20-18(26-27-21)13-7-11(22)4-5-15(13)24-19(30-20)12-8-16-17(9-14(12)23)29-10-28-16/h4-5,7-9,19,24H,2-3,6,10H2,1H3/t19-/m0/s1. The molecule has 10 heteroatoms. The van der Waals surface area contributed by atoms with E-state index in [0.717, 1.165) is 44.4 Å². The Labute approximate surface area is 200 Å². The van der Waals surface area contributed by atoms with E-state index in [4.69, 9.17) is 19.2 Å². The van der Waals surface area contributed by atoms with Crippen LogP contribution in [0.1, 0.15) is 31.6 Å². The van der Waals surface area contributed by atoms with Crippen molar-refractivity contribution >= 4 is 49.3 Å². The van der Waals surface area contributed by atoms with Crippen LogP contribution in [0.25, 0.3) is 11.3 Å². The third kappa shape index (κ3) is 4.20. The summed E-state index contributed by atoms with van der Waals surface area (Å²) in [5.41, 5.74) is 3.21. The van der Waals surface area contributed by atoms with Crippen LogP contribution in [0.3, 0.4) is 0 Å². The Morgan fingerprint density at radius 1 is 1.13 bits per heavy atom. The molecule has 0 bridgehead atoms. The Bertz CT molecular complexity index is 1150. The molecule has 0 unspecified atom stereocenters. The van der Waals surface area contributed by atoms with Gasteiger partial charge >= 0.3 is 0 Å². The Morgan fingerprint density at radius 3 is 2.81 bits per heavy atom. The molecule has 3 aromatic rings. The average Bonchev–Trinajstić information content (AvgIpc) is 3.15. The SMILES string of the molecule is CCCCSc1nnc2c(n1)O[C@@H](c1cc3c(cc1Br)OCO3)Nc1ccc(Br)cc1-2. The number of benzene rings is 2. The molecule has 0 fully saturated rings. The van der Waals surface area contributed by atoms with Crippen LogP contribution in [0.5, 0.6) is 17.4 Å². The lowest BCUT2D eigenvalue weighted by atomic mass is 10.1. The summed E-state index contributed by atoms with van der Waals surface area (Å²) in [4.78, 5) is 4.69. The molecule has 7 nitrogen and oxygen atoms in total. The molecule has 1 N–H and O–H groups in total. The fourth-order valence-electron chi connectivity index (χ4n) is 3.31. The number of anilines is 1. The Balaban J connectivity index is 1.58. The molecule has 0 aliphatic carbocycles. The average molecular weight is 566 g/mol. The predicted octanol–water partition coefficient (Wildman–Crippen LogP) is 6.19. The minimum Gasteiger partial charge on any atom is -0.454 e. The Morgan fingerprint density at radius 2 is 1.97 bits per heavy atom. The highest BCUT2D eigenvalue weighted by Gasteiger charge is 2.29. The van der Waals surface area contributed by atoms with Crippen LogP contribution in [-0.4, -0.2) is 27.7 Å². The van der Waals surface area contributed by atoms with E-state index in [1.54, 1.807) is 11.8 Å². The molecular weight excluding hydrogens is 548 g/mol. The summed E-state index contributed by atoms with van der Waals surface area (Å²) in [5, 5.41) is 12.9. The molecule has 31 heavy (non-hydrogen) atoms. The smallest absolute Gasteiger partial charge is 0.247 e. The van der Waals surface area contributed by atoms with Crippen LogP contribution < -0.4 is 19.5 Å². The molecule has 2 aliphatic rings. The van der Waals surface area contributed by atoms with Crippen LogP contribution in [0.4, 0.5) is 5.69 Å². The highest BCUT2D eigenvalue weighted by molar-refractivity contribution is 9.10. The van der Waals surface area contributed by atoms with Gasteiger partial charge in [-0.25, -0.2) is 0 Å². The normalized spacial score (nSPS) is 16.0. The maximum atomic E-state index is 6.37. The van der Waals surface area contributed by atoms with Gasteiger partial charge in [-0.3, -0.25) is 0 Å². The monoisotopic (exact) mass is 564 g/mol. The Hall–Kier alpha value is -2.04. The molecule has 3 heterocycles. The van der Waals surface area contributed by atoms with Crippen molar-refractivity contribution < 1.29 is 14.2 Å². The molecular formula is C21H18Br2N4O3S. The van der Waals surface area contributed by atoms with E-state index in [9.17, 15) is 0 Å². The van der Waals surface area contributed by atoms with Crippen LogP contribution >= 0.6 is 43.6 Å². The summed E-state index contributed by atoms with van der Waals surface area (Å²) in [6.45, 7) is 2.37. The number of unbranched alkanes of at least 4 members (excludes halogenated alkanes) is 1. The number of nitrogens with zero attached hydrogens (tertiary/aromatic N) is 3. The van der Waals surface area contributed by atoms with Gasteiger partial charge in [-0.2, -0.15) is 4.98 Å². The molecule has 160 valence electrons. The van der Waals surface area contributed by atoms with E-state index in [1.165, 1.54) is 0 Å². The van der Waals surface area contributed by atoms with Crippen molar-refractivity contribution in [1.82, 2.24) is 15.2 Å². The van der Waals surface area contributed by atoms with Gasteiger partial charge in [0.2, 0.25) is 17.8 Å². The Kier molecular flexibility index (Phi) is 5.94. The number of halogens is 2. The van der Waals surface area contributed by atoms with E-state index in [-0.39, 0.29) is 6.79 Å². The van der Waals surface area contributed by atoms with Crippen molar-refractivity contribution in [2.24, 2.45) is 0 Å². The lowest BCUT2D eigenvalue weighted by Crippen LogP contribution is -2.17. The molecule has 1 aromatic heterocycles. The number of hydrogen-bond donors (Lipinski definition) is 1. The van der Waals surface area contributed by atoms with Crippen molar-refractivity contribution in [2.75, 3.05) is 17.9 Å². The lowest BCUT2D eigenvalue weighted by Gasteiger charge is -2.21. The van der Waals surface area contributed by atoms with Crippen LogP contribution in [-0.2, 0) is 0 Å². The van der Waals surface area contributed by atoms with E-state index in [2.05, 4.69) is 54.3 Å². The molecule has 0 radical (unpaired) electrons. The number of fused-ring (bicyclic) bond motifs is 4. The summed E-state index contributed by atoms with van der Waals surface area (Å²) in [7, 11) is 0. The number of nitrogens with one attached hydrogen (secondary N) is 1. The molecule has 0 saturated heterocycles. The minimum absolute atomic E-state index is 0.208.